The van der Waals surface area contributed by atoms with Gasteiger partial charge in [0.25, 0.3) is 0 Å². The quantitative estimate of drug-likeness (QED) is 0.827. The minimum atomic E-state index is 0.899. The van der Waals surface area contributed by atoms with Gasteiger partial charge in [-0.05, 0) is 31.6 Å². The number of aromatic nitrogens is 2. The molecule has 1 aromatic heterocycles. The Bertz CT molecular complexity index is 425. The number of anilines is 2. The van der Waals surface area contributed by atoms with Gasteiger partial charge in [-0.2, -0.15) is 0 Å². The maximum Gasteiger partial charge on any atom is 0.137 e. The molecule has 2 heterocycles. The number of hydrogen-bond donors (Lipinski definition) is 1. The molecule has 0 bridgehead atoms. The summed E-state index contributed by atoms with van der Waals surface area (Å²) in [6, 6.07) is 0. The lowest BCUT2D eigenvalue weighted by molar-refractivity contribution is 0.393. The normalized spacial score (nSPS) is 16.2. The minimum absolute atomic E-state index is 0.899. The molecule has 0 radical (unpaired) electrons. The predicted molar refractivity (Wildman–Crippen MR) is 90.0 cm³/mol. The van der Waals surface area contributed by atoms with E-state index in [1.54, 1.807) is 6.33 Å². The van der Waals surface area contributed by atoms with Crippen LogP contribution in [0, 0.1) is 5.92 Å². The fourth-order valence-electron chi connectivity index (χ4n) is 3.10. The zero-order valence-electron chi connectivity index (χ0n) is 13.9. The monoisotopic (exact) mass is 290 g/mol. The molecule has 0 aliphatic carbocycles. The molecular weight excluding hydrogens is 260 g/mol. The summed E-state index contributed by atoms with van der Waals surface area (Å²) in [7, 11) is 0. The van der Waals surface area contributed by atoms with Crippen LogP contribution in [-0.2, 0) is 6.42 Å². The van der Waals surface area contributed by atoms with Crippen LogP contribution in [0.4, 0.5) is 11.6 Å². The van der Waals surface area contributed by atoms with Gasteiger partial charge in [0.15, 0.2) is 0 Å². The van der Waals surface area contributed by atoms with Crippen LogP contribution in [0.1, 0.15) is 58.4 Å². The summed E-state index contributed by atoms with van der Waals surface area (Å²) in [6.45, 7) is 9.97. The van der Waals surface area contributed by atoms with Crippen LogP contribution in [0.15, 0.2) is 6.33 Å². The molecular formula is C17H30N4. The molecule has 0 unspecified atom stereocenters. The zero-order valence-corrected chi connectivity index (χ0v) is 13.9. The number of rotatable bonds is 7. The van der Waals surface area contributed by atoms with Gasteiger partial charge in [0.05, 0.1) is 0 Å². The van der Waals surface area contributed by atoms with Crippen LogP contribution < -0.4 is 10.2 Å². The number of piperidine rings is 1. The van der Waals surface area contributed by atoms with E-state index in [2.05, 4.69) is 41.0 Å². The van der Waals surface area contributed by atoms with Crippen LogP contribution in [-0.4, -0.2) is 29.6 Å². The molecule has 0 atom stereocenters. The lowest BCUT2D eigenvalue weighted by atomic mass is 9.94. The first-order valence-electron chi connectivity index (χ1n) is 8.62. The van der Waals surface area contributed by atoms with Crippen molar-refractivity contribution in [2.45, 2.75) is 59.3 Å². The molecule has 0 spiro atoms. The highest BCUT2D eigenvalue weighted by molar-refractivity contribution is 5.59. The Kier molecular flexibility index (Phi) is 6.27. The average Bonchev–Trinajstić information content (AvgIpc) is 2.54. The van der Waals surface area contributed by atoms with E-state index in [1.807, 2.05) is 0 Å². The van der Waals surface area contributed by atoms with Gasteiger partial charge >= 0.3 is 0 Å². The standard InChI is InChI=1S/C17H30N4/c1-4-7-15-16(18-10-5-2)19-13-20-17(15)21-11-8-14(6-3)9-12-21/h13-14H,4-12H2,1-3H3,(H,18,19,20). The van der Waals surface area contributed by atoms with E-state index in [1.165, 1.54) is 30.6 Å². The lowest BCUT2D eigenvalue weighted by Crippen LogP contribution is -2.35. The Morgan fingerprint density at radius 3 is 2.52 bits per heavy atom. The Balaban J connectivity index is 2.17. The van der Waals surface area contributed by atoms with Gasteiger partial charge in [-0.15, -0.1) is 0 Å². The van der Waals surface area contributed by atoms with E-state index in [-0.39, 0.29) is 0 Å². The first-order chi connectivity index (χ1) is 10.3. The van der Waals surface area contributed by atoms with Gasteiger partial charge in [0, 0.05) is 25.2 Å². The minimum Gasteiger partial charge on any atom is -0.370 e. The van der Waals surface area contributed by atoms with Crippen LogP contribution in [0.2, 0.25) is 0 Å². The van der Waals surface area contributed by atoms with E-state index < -0.39 is 0 Å². The molecule has 4 heteroatoms. The van der Waals surface area contributed by atoms with Crippen LogP contribution in [0.3, 0.4) is 0 Å². The highest BCUT2D eigenvalue weighted by Crippen LogP contribution is 2.29. The molecule has 1 aliphatic rings. The van der Waals surface area contributed by atoms with Crippen LogP contribution >= 0.6 is 0 Å². The van der Waals surface area contributed by atoms with E-state index >= 15 is 0 Å². The molecule has 1 N–H and O–H groups in total. The van der Waals surface area contributed by atoms with Gasteiger partial charge in [-0.25, -0.2) is 9.97 Å². The summed E-state index contributed by atoms with van der Waals surface area (Å²) < 4.78 is 0. The smallest absolute Gasteiger partial charge is 0.137 e. The third-order valence-electron chi connectivity index (χ3n) is 4.46. The zero-order chi connectivity index (χ0) is 15.1. The van der Waals surface area contributed by atoms with E-state index in [0.717, 1.165) is 50.6 Å². The van der Waals surface area contributed by atoms with Gasteiger partial charge in [0.2, 0.25) is 0 Å². The fourth-order valence-corrected chi connectivity index (χ4v) is 3.10. The Morgan fingerprint density at radius 1 is 1.14 bits per heavy atom. The Labute approximate surface area is 129 Å². The van der Waals surface area contributed by atoms with Crippen LogP contribution in [0.25, 0.3) is 0 Å². The topological polar surface area (TPSA) is 41.1 Å². The second-order valence-corrected chi connectivity index (χ2v) is 6.04. The van der Waals surface area contributed by atoms with Crippen molar-refractivity contribution in [1.82, 2.24) is 9.97 Å². The van der Waals surface area contributed by atoms with Gasteiger partial charge in [0.1, 0.15) is 18.0 Å². The third-order valence-corrected chi connectivity index (χ3v) is 4.46. The van der Waals surface area contributed by atoms with Gasteiger partial charge < -0.3 is 10.2 Å². The number of nitrogens with one attached hydrogen (secondary N) is 1. The molecule has 0 saturated carbocycles. The summed E-state index contributed by atoms with van der Waals surface area (Å²) in [4.78, 5) is 11.6. The number of nitrogens with zero attached hydrogens (tertiary/aromatic N) is 3. The number of hydrogen-bond acceptors (Lipinski definition) is 4. The largest absolute Gasteiger partial charge is 0.370 e. The average molecular weight is 290 g/mol. The lowest BCUT2D eigenvalue weighted by Gasteiger charge is -2.33. The van der Waals surface area contributed by atoms with Gasteiger partial charge in [-0.3, -0.25) is 0 Å². The molecule has 0 aromatic carbocycles. The van der Waals surface area contributed by atoms with Crippen molar-refractivity contribution in [3.8, 4) is 0 Å². The highest BCUT2D eigenvalue weighted by atomic mass is 15.2. The first-order valence-corrected chi connectivity index (χ1v) is 8.62. The van der Waals surface area contributed by atoms with Crippen LogP contribution in [0.5, 0.6) is 0 Å². The van der Waals surface area contributed by atoms with Crippen molar-refractivity contribution >= 4 is 11.6 Å². The van der Waals surface area contributed by atoms with E-state index in [9.17, 15) is 0 Å². The molecule has 1 aromatic rings. The molecule has 1 fully saturated rings. The van der Waals surface area contributed by atoms with Crippen molar-refractivity contribution < 1.29 is 0 Å². The first kappa shape index (κ1) is 16.1. The maximum absolute atomic E-state index is 4.62. The Hall–Kier alpha value is -1.32. The Morgan fingerprint density at radius 2 is 1.90 bits per heavy atom. The van der Waals surface area contributed by atoms with Crippen molar-refractivity contribution in [2.24, 2.45) is 5.92 Å². The molecule has 1 aliphatic heterocycles. The van der Waals surface area contributed by atoms with Crippen molar-refractivity contribution in [1.29, 1.82) is 0 Å². The van der Waals surface area contributed by atoms with Crippen molar-refractivity contribution in [3.63, 3.8) is 0 Å². The second kappa shape index (κ2) is 8.20. The van der Waals surface area contributed by atoms with Crippen molar-refractivity contribution in [3.05, 3.63) is 11.9 Å². The maximum atomic E-state index is 4.62. The fraction of sp³-hybridized carbons (Fsp3) is 0.765. The van der Waals surface area contributed by atoms with Gasteiger partial charge in [-0.1, -0.05) is 33.6 Å². The molecule has 1 saturated heterocycles. The molecule has 2 rings (SSSR count). The van der Waals surface area contributed by atoms with E-state index in [0.29, 0.717) is 0 Å². The molecule has 21 heavy (non-hydrogen) atoms. The summed E-state index contributed by atoms with van der Waals surface area (Å²) in [5, 5.41) is 3.47. The molecule has 4 nitrogen and oxygen atoms in total. The summed E-state index contributed by atoms with van der Waals surface area (Å²) in [6.07, 6.45) is 8.92. The molecule has 0 amide bonds. The summed E-state index contributed by atoms with van der Waals surface area (Å²) in [5.41, 5.74) is 1.31. The summed E-state index contributed by atoms with van der Waals surface area (Å²) >= 11 is 0. The predicted octanol–water partition coefficient (Wildman–Crippen LogP) is 3.88. The van der Waals surface area contributed by atoms with E-state index in [4.69, 9.17) is 0 Å². The second-order valence-electron chi connectivity index (χ2n) is 6.04. The highest BCUT2D eigenvalue weighted by Gasteiger charge is 2.22. The molecule has 118 valence electrons. The summed E-state index contributed by atoms with van der Waals surface area (Å²) in [5.74, 6) is 3.11. The van der Waals surface area contributed by atoms with Crippen molar-refractivity contribution in [2.75, 3.05) is 29.9 Å². The third kappa shape index (κ3) is 4.08. The SMILES string of the molecule is CCCNc1ncnc(N2CCC(CC)CC2)c1CCC.